The van der Waals surface area contributed by atoms with E-state index in [0.717, 1.165) is 36.4 Å². The zero-order valence-corrected chi connectivity index (χ0v) is 21.3. The highest BCUT2D eigenvalue weighted by Crippen LogP contribution is 2.35. The Morgan fingerprint density at radius 3 is 2.26 bits per heavy atom. The lowest BCUT2D eigenvalue weighted by atomic mass is 9.86. The summed E-state index contributed by atoms with van der Waals surface area (Å²) in [6.45, 7) is 0. The van der Waals surface area contributed by atoms with Crippen LogP contribution >= 0.6 is 0 Å². The molecule has 0 radical (unpaired) electrons. The molecule has 0 aromatic heterocycles. The van der Waals surface area contributed by atoms with Crippen molar-refractivity contribution in [3.05, 3.63) is 83.2 Å². The van der Waals surface area contributed by atoms with Gasteiger partial charge in [0.2, 0.25) is 10.0 Å². The number of nitrogens with one attached hydrogen (secondary N) is 2. The number of sulfone groups is 1. The molecule has 1 atom stereocenters. The Morgan fingerprint density at radius 2 is 1.74 bits per heavy atom. The van der Waals surface area contributed by atoms with E-state index < -0.39 is 70.8 Å². The van der Waals surface area contributed by atoms with Gasteiger partial charge < -0.3 is 5.32 Å². The predicted molar refractivity (Wildman–Crippen MR) is 130 cm³/mol. The third kappa shape index (κ3) is 6.66. The van der Waals surface area contributed by atoms with Gasteiger partial charge >= 0.3 is 6.18 Å². The Bertz CT molecular complexity index is 1560. The highest BCUT2D eigenvalue weighted by Gasteiger charge is 2.48. The van der Waals surface area contributed by atoms with Crippen LogP contribution < -0.4 is 10.0 Å². The molecule has 1 aliphatic carbocycles. The van der Waals surface area contributed by atoms with Gasteiger partial charge in [-0.2, -0.15) is 23.2 Å². The zero-order chi connectivity index (χ0) is 28.4. The number of carbonyl (C=O) groups is 1. The quantitative estimate of drug-likeness (QED) is 0.367. The largest absolute Gasteiger partial charge is 0.417 e. The number of carbonyl (C=O) groups excluding carboxylic acids is 1. The minimum Gasteiger partial charge on any atom is -0.324 e. The lowest BCUT2D eigenvalue weighted by Gasteiger charge is -2.35. The van der Waals surface area contributed by atoms with Crippen LogP contribution in [0.2, 0.25) is 0 Å². The number of amides is 1. The number of sulfonamides is 1. The summed E-state index contributed by atoms with van der Waals surface area (Å²) in [5.74, 6) is -3.16. The lowest BCUT2D eigenvalue weighted by Crippen LogP contribution is -2.61. The number of nitrogens with zero attached hydrogens (tertiary/aromatic N) is 1. The topological polar surface area (TPSA) is 133 Å². The Hall–Kier alpha value is -3.54. The number of halogens is 4. The normalized spacial score (nSPS) is 15.7. The predicted octanol–water partition coefficient (Wildman–Crippen LogP) is 3.69. The smallest absolute Gasteiger partial charge is 0.324 e. The Labute approximate surface area is 216 Å². The second kappa shape index (κ2) is 10.7. The van der Waals surface area contributed by atoms with E-state index in [-0.39, 0.29) is 12.0 Å². The second-order valence-corrected chi connectivity index (χ2v) is 12.2. The third-order valence-corrected chi connectivity index (χ3v) is 8.11. The first kappa shape index (κ1) is 29.0. The standard InChI is InChI=1S/C24H21F4N3O5S2/c1-37(33,34)31-23(17-5-3-2-4-6-17,15-38(35,36)20-11-8-18(25)9-12-20)22(32)30-19-10-7-16(14-29)21(13-19)24(26,27)28/h2-3,5,7-13,31H,4,6,15H2,1H3,(H,30,32)/t23-/m1/s1. The number of hydrogen-bond acceptors (Lipinski definition) is 6. The fourth-order valence-electron chi connectivity index (χ4n) is 3.92. The number of hydrogen-bond donors (Lipinski definition) is 2. The maximum absolute atomic E-state index is 13.7. The first-order valence-corrected chi connectivity index (χ1v) is 14.4. The number of allylic oxidation sites excluding steroid dienone is 3. The van der Waals surface area contributed by atoms with Crippen molar-refractivity contribution in [1.29, 1.82) is 5.26 Å². The Balaban J connectivity index is 2.18. The van der Waals surface area contributed by atoms with Crippen LogP contribution in [-0.4, -0.2) is 40.3 Å². The van der Waals surface area contributed by atoms with E-state index in [1.165, 1.54) is 18.2 Å². The second-order valence-electron chi connectivity index (χ2n) is 8.48. The maximum atomic E-state index is 13.7. The van der Waals surface area contributed by atoms with Gasteiger partial charge in [-0.25, -0.2) is 21.2 Å². The minimum absolute atomic E-state index is 0.0401. The van der Waals surface area contributed by atoms with Crippen molar-refractivity contribution in [1.82, 2.24) is 4.72 Å². The van der Waals surface area contributed by atoms with Crippen molar-refractivity contribution in [3.63, 3.8) is 0 Å². The van der Waals surface area contributed by atoms with Crippen LogP contribution in [-0.2, 0) is 30.8 Å². The van der Waals surface area contributed by atoms with Crippen molar-refractivity contribution < 1.29 is 39.2 Å². The van der Waals surface area contributed by atoms with E-state index in [9.17, 15) is 39.2 Å². The molecule has 38 heavy (non-hydrogen) atoms. The van der Waals surface area contributed by atoms with Gasteiger partial charge in [0.1, 0.15) is 11.4 Å². The van der Waals surface area contributed by atoms with Crippen molar-refractivity contribution in [2.24, 2.45) is 0 Å². The number of alkyl halides is 3. The van der Waals surface area contributed by atoms with E-state index >= 15 is 0 Å². The summed E-state index contributed by atoms with van der Waals surface area (Å²) in [5, 5.41) is 11.2. The highest BCUT2D eigenvalue weighted by atomic mass is 32.2. The van der Waals surface area contributed by atoms with E-state index in [1.54, 1.807) is 6.08 Å². The fraction of sp³-hybridized carbons (Fsp3) is 0.250. The highest BCUT2D eigenvalue weighted by molar-refractivity contribution is 7.91. The number of anilines is 1. The molecule has 3 rings (SSSR count). The van der Waals surface area contributed by atoms with Crippen LogP contribution in [0.5, 0.6) is 0 Å². The molecule has 202 valence electrons. The van der Waals surface area contributed by atoms with Gasteiger partial charge in [0, 0.05) is 5.69 Å². The molecule has 0 saturated carbocycles. The molecule has 0 unspecified atom stereocenters. The molecule has 0 spiro atoms. The SMILES string of the molecule is CS(=O)(=O)N[C@@](CS(=O)(=O)c1ccc(F)cc1)(C(=O)Nc1ccc(C#N)c(C(F)(F)F)c1)C1=CC=CCC1. The van der Waals surface area contributed by atoms with Gasteiger partial charge in [0.15, 0.2) is 9.84 Å². The molecule has 2 aromatic rings. The number of nitriles is 1. The van der Waals surface area contributed by atoms with E-state index in [4.69, 9.17) is 5.26 Å². The molecule has 0 saturated heterocycles. The molecule has 2 N–H and O–H groups in total. The summed E-state index contributed by atoms with van der Waals surface area (Å²) in [7, 11) is -8.77. The molecule has 0 fully saturated rings. The monoisotopic (exact) mass is 571 g/mol. The molecular weight excluding hydrogens is 550 g/mol. The molecular formula is C24H21F4N3O5S2. The average molecular weight is 572 g/mol. The molecule has 1 amide bonds. The lowest BCUT2D eigenvalue weighted by molar-refractivity contribution is -0.137. The molecule has 1 aliphatic rings. The summed E-state index contributed by atoms with van der Waals surface area (Å²) in [6.07, 6.45) is 0.640. The summed E-state index contributed by atoms with van der Waals surface area (Å²) in [4.78, 5) is 13.3. The van der Waals surface area contributed by atoms with Crippen LogP contribution in [0, 0.1) is 17.1 Å². The van der Waals surface area contributed by atoms with Crippen LogP contribution in [0.25, 0.3) is 0 Å². The number of rotatable bonds is 8. The van der Waals surface area contributed by atoms with E-state index in [0.29, 0.717) is 18.7 Å². The molecule has 2 aromatic carbocycles. The molecule has 0 heterocycles. The van der Waals surface area contributed by atoms with E-state index in [1.807, 2.05) is 0 Å². The van der Waals surface area contributed by atoms with E-state index in [2.05, 4.69) is 10.0 Å². The van der Waals surface area contributed by atoms with Crippen molar-refractivity contribution in [2.45, 2.75) is 29.5 Å². The first-order chi connectivity index (χ1) is 17.6. The zero-order valence-electron chi connectivity index (χ0n) is 19.7. The van der Waals surface area contributed by atoms with Gasteiger partial charge in [-0.1, -0.05) is 18.2 Å². The molecule has 0 aliphatic heterocycles. The third-order valence-electron chi connectivity index (χ3n) is 5.59. The summed E-state index contributed by atoms with van der Waals surface area (Å²) < 4.78 is 107. The van der Waals surface area contributed by atoms with Gasteiger partial charge in [-0.05, 0) is 60.9 Å². The van der Waals surface area contributed by atoms with Gasteiger partial charge in [-0.15, -0.1) is 0 Å². The van der Waals surface area contributed by atoms with Crippen LogP contribution in [0.3, 0.4) is 0 Å². The fourth-order valence-corrected chi connectivity index (χ4v) is 6.62. The number of benzene rings is 2. The van der Waals surface area contributed by atoms with Crippen LogP contribution in [0.15, 0.2) is 71.2 Å². The van der Waals surface area contributed by atoms with Crippen molar-refractivity contribution >= 4 is 31.5 Å². The maximum Gasteiger partial charge on any atom is 0.417 e. The van der Waals surface area contributed by atoms with Crippen LogP contribution in [0.4, 0.5) is 23.2 Å². The van der Waals surface area contributed by atoms with Crippen molar-refractivity contribution in [2.75, 3.05) is 17.3 Å². The summed E-state index contributed by atoms with van der Waals surface area (Å²) in [5.41, 5.74) is -4.96. The van der Waals surface area contributed by atoms with Crippen LogP contribution in [0.1, 0.15) is 24.0 Å². The Morgan fingerprint density at radius 1 is 1.08 bits per heavy atom. The minimum atomic E-state index is -4.95. The Kier molecular flexibility index (Phi) is 8.16. The summed E-state index contributed by atoms with van der Waals surface area (Å²) in [6, 6.07) is 7.35. The van der Waals surface area contributed by atoms with Gasteiger partial charge in [0.05, 0.1) is 34.1 Å². The molecule has 8 nitrogen and oxygen atoms in total. The summed E-state index contributed by atoms with van der Waals surface area (Å²) >= 11 is 0. The average Bonchev–Trinajstić information content (AvgIpc) is 2.82. The van der Waals surface area contributed by atoms with Gasteiger partial charge in [0.25, 0.3) is 5.91 Å². The van der Waals surface area contributed by atoms with Crippen molar-refractivity contribution in [3.8, 4) is 6.07 Å². The first-order valence-electron chi connectivity index (χ1n) is 10.8. The molecule has 0 bridgehead atoms. The molecule has 14 heteroatoms. The van der Waals surface area contributed by atoms with Gasteiger partial charge in [-0.3, -0.25) is 4.79 Å².